The topological polar surface area (TPSA) is 76.8 Å². The zero-order chi connectivity index (χ0) is 14.7. The van der Waals surface area contributed by atoms with Crippen molar-refractivity contribution in [2.75, 3.05) is 18.4 Å². The molecule has 0 fully saturated rings. The van der Waals surface area contributed by atoms with Crippen LogP contribution in [0.4, 0.5) is 0 Å². The lowest BCUT2D eigenvalue weighted by molar-refractivity contribution is 0.189. The van der Waals surface area contributed by atoms with Gasteiger partial charge in [0, 0.05) is 0 Å². The summed E-state index contributed by atoms with van der Waals surface area (Å²) in [6.45, 7) is 4.85. The van der Waals surface area contributed by atoms with Crippen molar-refractivity contribution in [3.63, 3.8) is 0 Å². The molecule has 2 heterocycles. The van der Waals surface area contributed by atoms with Gasteiger partial charge in [0.25, 0.3) is 0 Å². The van der Waals surface area contributed by atoms with E-state index in [9.17, 15) is 0 Å². The highest BCUT2D eigenvalue weighted by Crippen LogP contribution is 2.12. The van der Waals surface area contributed by atoms with Crippen LogP contribution in [0.2, 0.25) is 0 Å². The summed E-state index contributed by atoms with van der Waals surface area (Å²) >= 11 is 0. The minimum Gasteiger partial charge on any atom is -0.478 e. The van der Waals surface area contributed by atoms with Crippen molar-refractivity contribution in [2.24, 2.45) is 5.10 Å². The van der Waals surface area contributed by atoms with E-state index >= 15 is 0 Å². The maximum atomic E-state index is 5.49. The number of hydrogen-bond donors (Lipinski definition) is 1. The number of rotatable bonds is 4. The molecule has 0 bridgehead atoms. The molecule has 21 heavy (non-hydrogen) atoms. The van der Waals surface area contributed by atoms with Crippen LogP contribution in [0.3, 0.4) is 0 Å². The first-order chi connectivity index (χ1) is 10.3. The highest BCUT2D eigenvalue weighted by molar-refractivity contribution is 5.89. The summed E-state index contributed by atoms with van der Waals surface area (Å²) in [6, 6.07) is 7.62. The number of fused-ring (bicyclic) bond motifs is 1. The number of nitrogens with zero attached hydrogens (tertiary/aromatic N) is 5. The van der Waals surface area contributed by atoms with Crippen LogP contribution < -0.4 is 10.7 Å². The maximum Gasteiger partial charge on any atom is 0.240 e. The van der Waals surface area contributed by atoms with E-state index in [0.29, 0.717) is 25.0 Å². The lowest BCUT2D eigenvalue weighted by Crippen LogP contribution is -2.46. The van der Waals surface area contributed by atoms with Gasteiger partial charge in [0.2, 0.25) is 11.8 Å². The molecule has 0 saturated carbocycles. The molecule has 0 radical (unpaired) electrons. The van der Waals surface area contributed by atoms with Crippen LogP contribution in [0, 0.1) is 0 Å². The van der Waals surface area contributed by atoms with Gasteiger partial charge < -0.3 is 9.47 Å². The zero-order valence-electron chi connectivity index (χ0n) is 11.9. The summed E-state index contributed by atoms with van der Waals surface area (Å²) in [6.07, 6.45) is 1.70. The molecule has 0 amide bonds. The molecule has 1 aromatic carbocycles. The van der Waals surface area contributed by atoms with Crippen molar-refractivity contribution < 1.29 is 9.47 Å². The van der Waals surface area contributed by atoms with Crippen molar-refractivity contribution in [1.29, 1.82) is 0 Å². The van der Waals surface area contributed by atoms with Gasteiger partial charge in [-0.2, -0.15) is 0 Å². The Hall–Kier alpha value is -2.77. The standard InChI is InChI=1S/C13H16N6O2/c1-3-20-12-9-13(21-4-2)16-19(15-12)18-11-8-6-5-7-10(11)14-17-18/h5-9,15H,3-4H2,1-2H3. The molecule has 0 unspecified atom stereocenters. The Kier molecular flexibility index (Phi) is 3.59. The van der Waals surface area contributed by atoms with E-state index in [1.54, 1.807) is 10.9 Å². The fraction of sp³-hybridized carbons (Fsp3) is 0.308. The Morgan fingerprint density at radius 2 is 1.95 bits per heavy atom. The average Bonchev–Trinajstić information content (AvgIpc) is 2.92. The van der Waals surface area contributed by atoms with Crippen molar-refractivity contribution in [2.45, 2.75) is 13.8 Å². The van der Waals surface area contributed by atoms with Gasteiger partial charge in [0.1, 0.15) is 11.0 Å². The molecule has 110 valence electrons. The minimum atomic E-state index is 0.444. The number of hydrogen-bond acceptors (Lipinski definition) is 7. The molecule has 1 N–H and O–H groups in total. The summed E-state index contributed by atoms with van der Waals surface area (Å²) in [7, 11) is 0. The fourth-order valence-corrected chi connectivity index (χ4v) is 1.92. The van der Waals surface area contributed by atoms with Gasteiger partial charge in [-0.25, -0.2) is 5.43 Å². The SMILES string of the molecule is CCOC1=CC(OCC)=NN(n2nnc3ccccc32)N1. The molecule has 8 nitrogen and oxygen atoms in total. The smallest absolute Gasteiger partial charge is 0.240 e. The number of nitrogens with one attached hydrogen (secondary N) is 1. The van der Waals surface area contributed by atoms with Gasteiger partial charge in [0.15, 0.2) is 0 Å². The van der Waals surface area contributed by atoms with Crippen molar-refractivity contribution in [1.82, 2.24) is 20.5 Å². The Balaban J connectivity index is 1.96. The number of ether oxygens (including phenoxy) is 2. The molecule has 0 spiro atoms. The Morgan fingerprint density at radius 1 is 1.14 bits per heavy atom. The van der Waals surface area contributed by atoms with E-state index in [1.165, 1.54) is 5.23 Å². The van der Waals surface area contributed by atoms with E-state index in [4.69, 9.17) is 9.47 Å². The number of para-hydroxylation sites is 1. The van der Waals surface area contributed by atoms with E-state index in [-0.39, 0.29) is 0 Å². The predicted molar refractivity (Wildman–Crippen MR) is 77.7 cm³/mol. The number of aromatic nitrogens is 3. The Labute approximate surface area is 121 Å². The first kappa shape index (κ1) is 13.2. The molecular formula is C13H16N6O2. The molecule has 2 aromatic rings. The largest absolute Gasteiger partial charge is 0.478 e. The Morgan fingerprint density at radius 3 is 2.76 bits per heavy atom. The van der Waals surface area contributed by atoms with Gasteiger partial charge in [-0.1, -0.05) is 22.5 Å². The Bertz CT molecular complexity index is 693. The van der Waals surface area contributed by atoms with Gasteiger partial charge in [-0.3, -0.25) is 0 Å². The highest BCUT2D eigenvalue weighted by Gasteiger charge is 2.19. The van der Waals surface area contributed by atoms with E-state index in [1.807, 2.05) is 38.1 Å². The first-order valence-corrected chi connectivity index (χ1v) is 6.75. The van der Waals surface area contributed by atoms with Crippen LogP contribution in [0.15, 0.2) is 41.3 Å². The van der Waals surface area contributed by atoms with Crippen LogP contribution in [-0.2, 0) is 9.47 Å². The molecule has 1 aromatic heterocycles. The molecule has 0 atom stereocenters. The summed E-state index contributed by atoms with van der Waals surface area (Å²) in [5.74, 6) is 0.981. The van der Waals surface area contributed by atoms with Gasteiger partial charge in [-0.05, 0) is 31.2 Å². The van der Waals surface area contributed by atoms with Crippen molar-refractivity contribution in [3.8, 4) is 0 Å². The zero-order valence-corrected chi connectivity index (χ0v) is 11.9. The normalized spacial score (nSPS) is 14.5. The summed E-state index contributed by atoms with van der Waals surface area (Å²) < 4.78 is 10.9. The number of benzene rings is 1. The second-order valence-corrected chi connectivity index (χ2v) is 4.18. The van der Waals surface area contributed by atoms with E-state index in [0.717, 1.165) is 11.0 Å². The van der Waals surface area contributed by atoms with Crippen LogP contribution >= 0.6 is 0 Å². The molecule has 1 aliphatic rings. The molecule has 3 rings (SSSR count). The van der Waals surface area contributed by atoms with Crippen LogP contribution in [0.25, 0.3) is 11.0 Å². The molecule has 1 aliphatic heterocycles. The third kappa shape index (κ3) is 2.60. The summed E-state index contributed by atoms with van der Waals surface area (Å²) in [5, 5.41) is 13.9. The van der Waals surface area contributed by atoms with Crippen LogP contribution in [-0.4, -0.2) is 34.2 Å². The minimum absolute atomic E-state index is 0.444. The molecule has 0 aliphatic carbocycles. The van der Waals surface area contributed by atoms with Crippen molar-refractivity contribution in [3.05, 3.63) is 36.2 Å². The van der Waals surface area contributed by atoms with E-state index in [2.05, 4.69) is 20.8 Å². The average molecular weight is 288 g/mol. The molecular weight excluding hydrogens is 272 g/mol. The number of hydrazine groups is 1. The molecule has 8 heteroatoms. The third-order valence-corrected chi connectivity index (χ3v) is 2.76. The summed E-state index contributed by atoms with van der Waals surface area (Å²) in [4.78, 5) is 1.54. The maximum absolute atomic E-state index is 5.49. The van der Waals surface area contributed by atoms with Crippen LogP contribution in [0.5, 0.6) is 0 Å². The summed E-state index contributed by atoms with van der Waals surface area (Å²) in [5.41, 5.74) is 4.60. The second kappa shape index (κ2) is 5.70. The first-order valence-electron chi connectivity index (χ1n) is 6.75. The lowest BCUT2D eigenvalue weighted by Gasteiger charge is -2.25. The lowest BCUT2D eigenvalue weighted by atomic mass is 10.3. The monoisotopic (exact) mass is 288 g/mol. The van der Waals surface area contributed by atoms with E-state index < -0.39 is 0 Å². The molecule has 0 saturated heterocycles. The van der Waals surface area contributed by atoms with Crippen LogP contribution in [0.1, 0.15) is 13.8 Å². The quantitative estimate of drug-likeness (QED) is 0.908. The number of hydrazone groups is 1. The van der Waals surface area contributed by atoms with Gasteiger partial charge >= 0.3 is 0 Å². The second-order valence-electron chi connectivity index (χ2n) is 4.18. The highest BCUT2D eigenvalue weighted by atomic mass is 16.5. The predicted octanol–water partition coefficient (Wildman–Crippen LogP) is 1.12. The van der Waals surface area contributed by atoms with Crippen molar-refractivity contribution >= 4 is 16.9 Å². The van der Waals surface area contributed by atoms with Gasteiger partial charge in [0.05, 0.1) is 19.3 Å². The fourth-order valence-electron chi connectivity index (χ4n) is 1.92. The van der Waals surface area contributed by atoms with Gasteiger partial charge in [-0.15, -0.1) is 9.89 Å². The third-order valence-electron chi connectivity index (χ3n) is 2.76.